The number of hydrogen-bond donors (Lipinski definition) is 0. The quantitative estimate of drug-likeness (QED) is 0.245. The predicted molar refractivity (Wildman–Crippen MR) is 136 cm³/mol. The summed E-state index contributed by atoms with van der Waals surface area (Å²) in [4.78, 5) is 28.2. The van der Waals surface area contributed by atoms with Gasteiger partial charge in [0.1, 0.15) is 15.9 Å². The zero-order valence-corrected chi connectivity index (χ0v) is 20.4. The lowest BCUT2D eigenvalue weighted by Crippen LogP contribution is -2.38. The molecule has 0 radical (unpaired) electrons. The average molecular weight is 524 g/mol. The van der Waals surface area contributed by atoms with Crippen molar-refractivity contribution >= 4 is 35.3 Å². The van der Waals surface area contributed by atoms with Crippen LogP contribution in [-0.4, -0.2) is 29.7 Å². The van der Waals surface area contributed by atoms with Crippen LogP contribution in [0.15, 0.2) is 109 Å². The van der Waals surface area contributed by atoms with Gasteiger partial charge in [-0.05, 0) is 54.1 Å². The van der Waals surface area contributed by atoms with Crippen molar-refractivity contribution in [2.75, 3.05) is 6.61 Å². The fraction of sp³-hybridized carbons (Fsp3) is 0.107. The summed E-state index contributed by atoms with van der Waals surface area (Å²) in [5, 5.41) is 1.38. The number of ether oxygens (including phenoxy) is 1. The molecular formula is C28H22F3NO4P+. The molecule has 0 amide bonds. The van der Waals surface area contributed by atoms with Crippen molar-refractivity contribution in [3.05, 3.63) is 121 Å². The first-order valence-corrected chi connectivity index (χ1v) is 13.0. The second-order valence-corrected chi connectivity index (χ2v) is 10.9. The third-order valence-electron chi connectivity index (χ3n) is 5.51. The Balaban J connectivity index is 1.65. The van der Waals surface area contributed by atoms with Gasteiger partial charge in [-0.3, -0.25) is 9.51 Å². The number of nitrogens with zero attached hydrogens (tertiary/aromatic N) is 1. The Bertz CT molecular complexity index is 1290. The van der Waals surface area contributed by atoms with Crippen LogP contribution < -0.4 is 15.9 Å². The molecule has 0 N–H and O–H groups in total. The highest BCUT2D eigenvalue weighted by Gasteiger charge is 2.56. The van der Waals surface area contributed by atoms with Gasteiger partial charge in [-0.2, -0.15) is 13.2 Å². The van der Waals surface area contributed by atoms with E-state index in [-0.39, 0.29) is 6.61 Å². The number of aromatic nitrogens is 1. The van der Waals surface area contributed by atoms with E-state index in [1.165, 1.54) is 6.20 Å². The molecular weight excluding hydrogens is 502 g/mol. The zero-order valence-electron chi connectivity index (χ0n) is 19.5. The summed E-state index contributed by atoms with van der Waals surface area (Å²) in [5.74, 6) is -2.75. The van der Waals surface area contributed by atoms with Crippen LogP contribution in [0.3, 0.4) is 0 Å². The van der Waals surface area contributed by atoms with Crippen LogP contribution in [-0.2, 0) is 20.5 Å². The average Bonchev–Trinajstić information content (AvgIpc) is 2.93. The van der Waals surface area contributed by atoms with Gasteiger partial charge < -0.3 is 4.74 Å². The second kappa shape index (κ2) is 11.4. The van der Waals surface area contributed by atoms with Crippen LogP contribution in [0.4, 0.5) is 13.2 Å². The number of benzene rings is 3. The molecule has 0 unspecified atom stereocenters. The van der Waals surface area contributed by atoms with Gasteiger partial charge in [-0.15, -0.1) is 0 Å². The van der Waals surface area contributed by atoms with E-state index in [1.54, 1.807) is 103 Å². The molecule has 37 heavy (non-hydrogen) atoms. The third kappa shape index (κ3) is 6.04. The third-order valence-corrected chi connectivity index (χ3v) is 9.03. The Morgan fingerprint density at radius 3 is 1.84 bits per heavy atom. The van der Waals surface area contributed by atoms with E-state index in [9.17, 15) is 22.8 Å². The molecule has 0 saturated heterocycles. The summed E-state index contributed by atoms with van der Waals surface area (Å²) < 4.78 is 51.0. The maximum Gasteiger partial charge on any atom is 0.495 e. The van der Waals surface area contributed by atoms with Gasteiger partial charge >= 0.3 is 18.1 Å². The lowest BCUT2D eigenvalue weighted by Gasteiger charge is -2.25. The molecule has 4 aromatic rings. The molecule has 188 valence electrons. The van der Waals surface area contributed by atoms with E-state index < -0.39 is 25.6 Å². The Labute approximate surface area is 212 Å². The maximum atomic E-state index is 13.4. The van der Waals surface area contributed by atoms with Gasteiger partial charge in [-0.1, -0.05) is 48.5 Å². The topological polar surface area (TPSA) is 65.5 Å². The highest BCUT2D eigenvalue weighted by molar-refractivity contribution is 7.92. The summed E-state index contributed by atoms with van der Waals surface area (Å²) in [7, 11) is -3.47. The summed E-state index contributed by atoms with van der Waals surface area (Å²) in [6.45, 7) is 0.105. The summed E-state index contributed by atoms with van der Waals surface area (Å²) in [6.07, 6.45) is -1.81. The van der Waals surface area contributed by atoms with Crippen LogP contribution in [0.5, 0.6) is 0 Å². The lowest BCUT2D eigenvalue weighted by molar-refractivity contribution is -0.189. The number of carbonyl (C=O) groups is 2. The molecule has 0 aliphatic carbocycles. The van der Waals surface area contributed by atoms with Gasteiger partial charge in [-0.25, -0.2) is 9.59 Å². The maximum absolute atomic E-state index is 13.4. The highest BCUT2D eigenvalue weighted by atomic mass is 31.2. The number of alkyl halides is 3. The molecule has 0 fully saturated rings. The van der Waals surface area contributed by atoms with Crippen molar-refractivity contribution in [3.8, 4) is 0 Å². The smallest absolute Gasteiger partial charge is 0.462 e. The minimum atomic E-state index is -5.16. The van der Waals surface area contributed by atoms with Crippen molar-refractivity contribution in [1.29, 1.82) is 0 Å². The number of pyridine rings is 1. The molecule has 0 aliphatic heterocycles. The molecule has 4 rings (SSSR count). The van der Waals surface area contributed by atoms with Gasteiger partial charge in [0.05, 0.1) is 12.2 Å². The van der Waals surface area contributed by atoms with Crippen molar-refractivity contribution in [2.45, 2.75) is 12.6 Å². The van der Waals surface area contributed by atoms with Crippen molar-refractivity contribution in [1.82, 2.24) is 4.98 Å². The van der Waals surface area contributed by atoms with Gasteiger partial charge in [0.25, 0.3) is 7.49 Å². The normalized spacial score (nSPS) is 11.5. The van der Waals surface area contributed by atoms with E-state index in [2.05, 4.69) is 4.98 Å². The Morgan fingerprint density at radius 1 is 0.757 bits per heavy atom. The zero-order chi connectivity index (χ0) is 26.3. The van der Waals surface area contributed by atoms with Gasteiger partial charge in [0, 0.05) is 18.8 Å². The number of esters is 1. The van der Waals surface area contributed by atoms with Crippen LogP contribution in [0, 0.1) is 0 Å². The number of hydrogen-bond acceptors (Lipinski definition) is 5. The molecule has 0 atom stereocenters. The predicted octanol–water partition coefficient (Wildman–Crippen LogP) is 4.80. The first kappa shape index (κ1) is 26.0. The first-order chi connectivity index (χ1) is 17.8. The first-order valence-electron chi connectivity index (χ1n) is 11.3. The van der Waals surface area contributed by atoms with E-state index in [0.29, 0.717) is 27.9 Å². The molecule has 0 spiro atoms. The minimum absolute atomic E-state index is 0.105. The lowest BCUT2D eigenvalue weighted by atomic mass is 10.2. The van der Waals surface area contributed by atoms with Crippen molar-refractivity contribution < 1.29 is 32.0 Å². The molecule has 9 heteroatoms. The number of carbonyl (C=O) groups excluding carboxylic acids is 2. The largest absolute Gasteiger partial charge is 0.495 e. The van der Waals surface area contributed by atoms with E-state index in [0.717, 1.165) is 5.56 Å². The SMILES string of the molecule is O=C(OCCc1ccc([P+](OC(=O)C(F)(F)F)(c2ccccc2)c2ccccc2)cc1)c1cccnc1. The van der Waals surface area contributed by atoms with Crippen molar-refractivity contribution in [2.24, 2.45) is 0 Å². The Kier molecular flexibility index (Phi) is 7.99. The van der Waals surface area contributed by atoms with Crippen LogP contribution in [0.2, 0.25) is 0 Å². The fourth-order valence-corrected chi connectivity index (χ4v) is 7.07. The van der Waals surface area contributed by atoms with Crippen LogP contribution in [0.25, 0.3) is 0 Å². The molecule has 0 bridgehead atoms. The molecule has 5 nitrogen and oxygen atoms in total. The van der Waals surface area contributed by atoms with E-state index >= 15 is 0 Å². The van der Waals surface area contributed by atoms with Gasteiger partial charge in [0.2, 0.25) is 0 Å². The van der Waals surface area contributed by atoms with Crippen LogP contribution >= 0.6 is 7.49 Å². The number of halogens is 3. The van der Waals surface area contributed by atoms with Crippen molar-refractivity contribution in [3.63, 3.8) is 0 Å². The highest BCUT2D eigenvalue weighted by Crippen LogP contribution is 2.57. The fourth-order valence-electron chi connectivity index (χ4n) is 3.76. The molecule has 0 aliphatic rings. The standard InChI is InChI=1S/C28H22F3NO4P/c29-28(30,31)27(34)36-37(23-9-3-1-4-10-23,24-11-5-2-6-12-24)25-15-13-21(14-16-25)17-19-35-26(33)22-8-7-18-32-20-22/h1-16,18,20H,17,19H2/q+1. The molecule has 1 heterocycles. The summed E-state index contributed by atoms with van der Waals surface area (Å²) in [6, 6.07) is 26.9. The monoisotopic (exact) mass is 524 g/mol. The second-order valence-electron chi connectivity index (χ2n) is 7.95. The minimum Gasteiger partial charge on any atom is -0.462 e. The summed E-state index contributed by atoms with van der Waals surface area (Å²) in [5.41, 5.74) is 1.13. The Morgan fingerprint density at radius 2 is 1.32 bits per heavy atom. The molecule has 1 aromatic heterocycles. The van der Waals surface area contributed by atoms with E-state index in [1.807, 2.05) is 0 Å². The van der Waals surface area contributed by atoms with Crippen LogP contribution in [0.1, 0.15) is 15.9 Å². The van der Waals surface area contributed by atoms with E-state index in [4.69, 9.17) is 9.26 Å². The summed E-state index contributed by atoms with van der Waals surface area (Å²) >= 11 is 0. The number of rotatable bonds is 8. The molecule has 3 aromatic carbocycles. The Hall–Kier alpha value is -4.03. The van der Waals surface area contributed by atoms with Gasteiger partial charge in [0.15, 0.2) is 0 Å². The molecule has 0 saturated carbocycles.